The summed E-state index contributed by atoms with van der Waals surface area (Å²) in [6, 6.07) is 1.41. The predicted octanol–water partition coefficient (Wildman–Crippen LogP) is 1.40. The molecule has 0 spiro atoms. The fraction of sp³-hybridized carbons (Fsp3) is 0.222. The Balaban J connectivity index is 2.82. The molecule has 17 heavy (non-hydrogen) atoms. The quantitative estimate of drug-likeness (QED) is 0.721. The van der Waals surface area contributed by atoms with Crippen molar-refractivity contribution in [2.45, 2.75) is 11.0 Å². The zero-order valence-corrected chi connectivity index (χ0v) is 9.15. The van der Waals surface area contributed by atoms with Gasteiger partial charge in [0, 0.05) is 6.26 Å². The van der Waals surface area contributed by atoms with Crippen molar-refractivity contribution in [3.8, 4) is 5.75 Å². The lowest BCUT2D eigenvalue weighted by molar-refractivity contribution is -0.125. The van der Waals surface area contributed by atoms with E-state index in [4.69, 9.17) is 0 Å². The molecule has 0 bridgehead atoms. The standard InChI is InChI=1S/C9H5F3O4S/c1-17(14,15)5-3-2-4(10)7-6(5)8(13)9(11,12)16-7/h2-3H,1H3. The van der Waals surface area contributed by atoms with Crippen molar-refractivity contribution in [3.05, 3.63) is 23.5 Å². The van der Waals surface area contributed by atoms with Gasteiger partial charge < -0.3 is 4.74 Å². The maximum Gasteiger partial charge on any atom is 0.466 e. The van der Waals surface area contributed by atoms with Gasteiger partial charge in [0.15, 0.2) is 21.4 Å². The molecule has 0 N–H and O–H groups in total. The molecule has 4 nitrogen and oxygen atoms in total. The van der Waals surface area contributed by atoms with Gasteiger partial charge in [-0.05, 0) is 12.1 Å². The molecule has 0 aromatic heterocycles. The van der Waals surface area contributed by atoms with Crippen LogP contribution in [0.1, 0.15) is 10.4 Å². The molecule has 2 rings (SSSR count). The fourth-order valence-corrected chi connectivity index (χ4v) is 2.35. The van der Waals surface area contributed by atoms with Crippen molar-refractivity contribution >= 4 is 15.6 Å². The fourth-order valence-electron chi connectivity index (χ4n) is 1.48. The van der Waals surface area contributed by atoms with E-state index in [1.54, 1.807) is 0 Å². The summed E-state index contributed by atoms with van der Waals surface area (Å²) in [6.07, 6.45) is -3.51. The number of hydrogen-bond acceptors (Lipinski definition) is 4. The normalized spacial score (nSPS) is 17.8. The zero-order valence-electron chi connectivity index (χ0n) is 8.33. The van der Waals surface area contributed by atoms with Gasteiger partial charge >= 0.3 is 6.11 Å². The molecule has 1 aromatic rings. The Kier molecular flexibility index (Phi) is 2.25. The molecule has 0 amide bonds. The molecule has 0 atom stereocenters. The molecule has 0 fully saturated rings. The average Bonchev–Trinajstić information content (AvgIpc) is 2.39. The van der Waals surface area contributed by atoms with Crippen LogP contribution >= 0.6 is 0 Å². The van der Waals surface area contributed by atoms with Gasteiger partial charge in [0.05, 0.1) is 10.5 Å². The predicted molar refractivity (Wildman–Crippen MR) is 49.4 cm³/mol. The Morgan fingerprint density at radius 2 is 1.88 bits per heavy atom. The molecule has 0 unspecified atom stereocenters. The maximum absolute atomic E-state index is 13.2. The molecule has 1 aliphatic heterocycles. The minimum Gasteiger partial charge on any atom is -0.422 e. The highest BCUT2D eigenvalue weighted by Crippen LogP contribution is 2.41. The number of sulfone groups is 1. The van der Waals surface area contributed by atoms with Crippen molar-refractivity contribution in [3.63, 3.8) is 0 Å². The first-order valence-electron chi connectivity index (χ1n) is 4.29. The zero-order chi connectivity index (χ0) is 13.0. The van der Waals surface area contributed by atoms with Gasteiger partial charge in [0.1, 0.15) is 0 Å². The van der Waals surface area contributed by atoms with Gasteiger partial charge in [-0.1, -0.05) is 0 Å². The van der Waals surface area contributed by atoms with E-state index in [0.717, 1.165) is 12.3 Å². The molecule has 0 aliphatic carbocycles. The Labute approximate surface area is 93.9 Å². The number of ketones is 1. The van der Waals surface area contributed by atoms with E-state index in [-0.39, 0.29) is 0 Å². The number of alkyl halides is 2. The molecule has 1 aromatic carbocycles. The Hall–Kier alpha value is -1.57. The number of hydrogen-bond donors (Lipinski definition) is 0. The largest absolute Gasteiger partial charge is 0.466 e. The highest BCUT2D eigenvalue weighted by atomic mass is 32.2. The van der Waals surface area contributed by atoms with Crippen LogP contribution in [0.3, 0.4) is 0 Å². The number of Topliss-reactive ketones (excluding diaryl/α,β-unsaturated/α-hetero) is 1. The van der Waals surface area contributed by atoms with Gasteiger partial charge in [0.2, 0.25) is 0 Å². The lowest BCUT2D eigenvalue weighted by atomic mass is 10.1. The van der Waals surface area contributed by atoms with Gasteiger partial charge in [-0.3, -0.25) is 4.79 Å². The number of fused-ring (bicyclic) bond motifs is 1. The molecule has 8 heteroatoms. The van der Waals surface area contributed by atoms with Crippen LogP contribution in [0.15, 0.2) is 17.0 Å². The van der Waals surface area contributed by atoms with E-state index in [0.29, 0.717) is 6.07 Å². The summed E-state index contributed by atoms with van der Waals surface area (Å²) < 4.78 is 65.5. The van der Waals surface area contributed by atoms with Crippen molar-refractivity contribution < 1.29 is 31.1 Å². The summed E-state index contributed by atoms with van der Waals surface area (Å²) in [7, 11) is -3.93. The maximum atomic E-state index is 13.2. The van der Waals surface area contributed by atoms with Crippen LogP contribution in [0, 0.1) is 5.82 Å². The number of ether oxygens (including phenoxy) is 1. The molecular weight excluding hydrogens is 261 g/mol. The first-order chi connectivity index (χ1) is 7.64. The second-order valence-corrected chi connectivity index (χ2v) is 5.45. The molecule has 1 aliphatic rings. The monoisotopic (exact) mass is 266 g/mol. The third kappa shape index (κ3) is 1.68. The molecule has 0 saturated heterocycles. The van der Waals surface area contributed by atoms with Crippen molar-refractivity contribution in [2.24, 2.45) is 0 Å². The number of halogens is 3. The van der Waals surface area contributed by atoms with Crippen molar-refractivity contribution in [1.29, 1.82) is 0 Å². The van der Waals surface area contributed by atoms with Crippen molar-refractivity contribution in [1.82, 2.24) is 0 Å². The minimum atomic E-state index is -4.23. The summed E-state index contributed by atoms with van der Waals surface area (Å²) >= 11 is 0. The Bertz CT molecular complexity index is 621. The molecular formula is C9H5F3O4S. The number of benzene rings is 1. The summed E-state index contributed by atoms with van der Waals surface area (Å²) in [4.78, 5) is 10.6. The smallest absolute Gasteiger partial charge is 0.422 e. The van der Waals surface area contributed by atoms with Crippen LogP contribution in [-0.4, -0.2) is 26.6 Å². The highest BCUT2D eigenvalue weighted by Gasteiger charge is 2.53. The summed E-state index contributed by atoms with van der Waals surface area (Å²) in [6.45, 7) is 0. The Morgan fingerprint density at radius 3 is 2.41 bits per heavy atom. The van der Waals surface area contributed by atoms with E-state index in [1.165, 1.54) is 0 Å². The first kappa shape index (κ1) is 11.9. The number of rotatable bonds is 1. The van der Waals surface area contributed by atoms with Crippen LogP contribution in [0.25, 0.3) is 0 Å². The van der Waals surface area contributed by atoms with E-state index < -0.39 is 43.8 Å². The van der Waals surface area contributed by atoms with Crippen LogP contribution in [0.2, 0.25) is 0 Å². The van der Waals surface area contributed by atoms with Crippen LogP contribution in [-0.2, 0) is 9.84 Å². The van der Waals surface area contributed by atoms with Crippen LogP contribution in [0.5, 0.6) is 5.75 Å². The molecule has 92 valence electrons. The van der Waals surface area contributed by atoms with E-state index in [2.05, 4.69) is 4.74 Å². The van der Waals surface area contributed by atoms with Gasteiger partial charge in [0.25, 0.3) is 5.78 Å². The van der Waals surface area contributed by atoms with Crippen LogP contribution in [0.4, 0.5) is 13.2 Å². The second-order valence-electron chi connectivity index (χ2n) is 3.47. The summed E-state index contributed by atoms with van der Waals surface area (Å²) in [5, 5.41) is 0. The summed E-state index contributed by atoms with van der Waals surface area (Å²) in [5.74, 6) is -4.09. The first-order valence-corrected chi connectivity index (χ1v) is 6.18. The van der Waals surface area contributed by atoms with Gasteiger partial charge in [-0.25, -0.2) is 12.8 Å². The topological polar surface area (TPSA) is 60.4 Å². The lowest BCUT2D eigenvalue weighted by Gasteiger charge is -2.05. The third-order valence-corrected chi connectivity index (χ3v) is 3.33. The lowest BCUT2D eigenvalue weighted by Crippen LogP contribution is -2.29. The van der Waals surface area contributed by atoms with Gasteiger partial charge in [-0.15, -0.1) is 0 Å². The average molecular weight is 266 g/mol. The molecule has 0 saturated carbocycles. The van der Waals surface area contributed by atoms with E-state index in [1.807, 2.05) is 0 Å². The Morgan fingerprint density at radius 1 is 1.29 bits per heavy atom. The number of carbonyl (C=O) groups excluding carboxylic acids is 1. The summed E-state index contributed by atoms with van der Waals surface area (Å²) in [5.41, 5.74) is -0.933. The SMILES string of the molecule is CS(=O)(=O)c1ccc(F)c2c1C(=O)C(F)(F)O2. The second kappa shape index (κ2) is 3.22. The highest BCUT2D eigenvalue weighted by molar-refractivity contribution is 7.90. The molecule has 0 radical (unpaired) electrons. The van der Waals surface area contributed by atoms with Crippen molar-refractivity contribution in [2.75, 3.05) is 6.26 Å². The third-order valence-electron chi connectivity index (χ3n) is 2.19. The van der Waals surface area contributed by atoms with E-state index in [9.17, 15) is 26.4 Å². The molecule has 1 heterocycles. The minimum absolute atomic E-state index is 0.657. The van der Waals surface area contributed by atoms with Crippen LogP contribution < -0.4 is 4.74 Å². The van der Waals surface area contributed by atoms with Gasteiger partial charge in [-0.2, -0.15) is 8.78 Å². The number of carbonyl (C=O) groups is 1. The van der Waals surface area contributed by atoms with E-state index >= 15 is 0 Å².